The van der Waals surface area contributed by atoms with Crippen molar-refractivity contribution >= 4 is 17.3 Å². The van der Waals surface area contributed by atoms with Gasteiger partial charge in [0.05, 0.1) is 5.69 Å². The molecule has 1 N–H and O–H groups in total. The van der Waals surface area contributed by atoms with Crippen molar-refractivity contribution in [2.75, 3.05) is 0 Å². The van der Waals surface area contributed by atoms with Crippen LogP contribution in [0.2, 0.25) is 0 Å². The number of carbonyl (C=O) groups is 1. The highest BCUT2D eigenvalue weighted by Gasteiger charge is 2.32. The highest BCUT2D eigenvalue weighted by Crippen LogP contribution is 2.40. The number of hydrogen-bond acceptors (Lipinski definition) is 3. The number of aliphatic carboxylic acids is 1. The number of halogens is 1. The van der Waals surface area contributed by atoms with Gasteiger partial charge in [0, 0.05) is 10.4 Å². The smallest absolute Gasteiger partial charge is 0.312 e. The highest BCUT2D eigenvalue weighted by atomic mass is 32.1. The largest absolute Gasteiger partial charge is 0.481 e. The number of carboxylic acids is 1. The molecule has 1 aromatic carbocycles. The number of benzene rings is 1. The van der Waals surface area contributed by atoms with E-state index in [1.807, 2.05) is 6.92 Å². The monoisotopic (exact) mass is 277 g/mol. The second-order valence-electron chi connectivity index (χ2n) is 4.74. The van der Waals surface area contributed by atoms with Crippen molar-refractivity contribution in [3.05, 3.63) is 40.2 Å². The molecule has 19 heavy (non-hydrogen) atoms. The molecule has 98 valence electrons. The number of nitrogens with zero attached hydrogens (tertiary/aromatic N) is 1. The summed E-state index contributed by atoms with van der Waals surface area (Å²) in [7, 11) is 0. The fourth-order valence-corrected chi connectivity index (χ4v) is 3.54. The Labute approximate surface area is 113 Å². The maximum Gasteiger partial charge on any atom is 0.312 e. The van der Waals surface area contributed by atoms with Crippen LogP contribution in [0, 0.1) is 12.7 Å². The van der Waals surface area contributed by atoms with E-state index in [-0.39, 0.29) is 5.82 Å². The predicted molar refractivity (Wildman–Crippen MR) is 70.9 cm³/mol. The van der Waals surface area contributed by atoms with Crippen molar-refractivity contribution in [2.24, 2.45) is 0 Å². The molecule has 0 amide bonds. The van der Waals surface area contributed by atoms with Crippen LogP contribution in [0.1, 0.15) is 28.5 Å². The van der Waals surface area contributed by atoms with Crippen LogP contribution >= 0.6 is 11.3 Å². The molecule has 2 aromatic rings. The molecule has 0 bridgehead atoms. The van der Waals surface area contributed by atoms with Gasteiger partial charge >= 0.3 is 5.97 Å². The molecule has 3 nitrogen and oxygen atoms in total. The quantitative estimate of drug-likeness (QED) is 0.915. The molecule has 1 aromatic heterocycles. The Morgan fingerprint density at radius 3 is 3.05 bits per heavy atom. The van der Waals surface area contributed by atoms with E-state index < -0.39 is 11.9 Å². The number of rotatable bonds is 2. The van der Waals surface area contributed by atoms with Crippen LogP contribution in [-0.2, 0) is 11.2 Å². The zero-order valence-corrected chi connectivity index (χ0v) is 11.1. The van der Waals surface area contributed by atoms with Crippen molar-refractivity contribution in [3.8, 4) is 10.6 Å². The van der Waals surface area contributed by atoms with E-state index in [9.17, 15) is 9.18 Å². The van der Waals surface area contributed by atoms with Crippen LogP contribution in [0.5, 0.6) is 0 Å². The van der Waals surface area contributed by atoms with E-state index in [4.69, 9.17) is 5.11 Å². The summed E-state index contributed by atoms with van der Waals surface area (Å²) in [6.07, 6.45) is 1.32. The Hall–Kier alpha value is -1.75. The summed E-state index contributed by atoms with van der Waals surface area (Å²) < 4.78 is 13.8. The molecule has 5 heteroatoms. The average molecular weight is 277 g/mol. The molecule has 0 saturated heterocycles. The second-order valence-corrected chi connectivity index (χ2v) is 5.82. The predicted octanol–water partition coefficient (Wildman–Crippen LogP) is 3.37. The number of aromatic nitrogens is 1. The lowest BCUT2D eigenvalue weighted by molar-refractivity contribution is -0.138. The summed E-state index contributed by atoms with van der Waals surface area (Å²) >= 11 is 1.40. The first-order chi connectivity index (χ1) is 9.06. The van der Waals surface area contributed by atoms with Gasteiger partial charge in [0.2, 0.25) is 0 Å². The van der Waals surface area contributed by atoms with Crippen LogP contribution in [-0.4, -0.2) is 16.1 Å². The van der Waals surface area contributed by atoms with E-state index in [0.717, 1.165) is 16.9 Å². The molecule has 0 spiro atoms. The zero-order valence-electron chi connectivity index (χ0n) is 10.3. The molecule has 1 atom stereocenters. The number of aryl methyl sites for hydroxylation is 2. The minimum absolute atomic E-state index is 0.315. The lowest BCUT2D eigenvalue weighted by Crippen LogP contribution is -2.08. The van der Waals surface area contributed by atoms with Crippen molar-refractivity contribution in [2.45, 2.75) is 25.7 Å². The SMILES string of the molecule is Cc1ccc(F)c(-c2nc3c(s2)CCC3C(=O)O)c1. The minimum atomic E-state index is -0.847. The summed E-state index contributed by atoms with van der Waals surface area (Å²) in [6, 6.07) is 4.88. The van der Waals surface area contributed by atoms with Gasteiger partial charge in [0.25, 0.3) is 0 Å². The number of hydrogen-bond donors (Lipinski definition) is 1. The van der Waals surface area contributed by atoms with Gasteiger partial charge < -0.3 is 5.11 Å². The summed E-state index contributed by atoms with van der Waals surface area (Å²) in [5.41, 5.74) is 2.04. The molecule has 3 rings (SSSR count). The zero-order chi connectivity index (χ0) is 13.6. The van der Waals surface area contributed by atoms with E-state index in [0.29, 0.717) is 22.7 Å². The summed E-state index contributed by atoms with van der Waals surface area (Å²) in [4.78, 5) is 16.5. The van der Waals surface area contributed by atoms with Crippen molar-refractivity contribution in [1.29, 1.82) is 0 Å². The summed E-state index contributed by atoms with van der Waals surface area (Å²) in [6.45, 7) is 1.89. The molecule has 0 fully saturated rings. The standard InChI is InChI=1S/C14H12FNO2S/c1-7-2-4-10(15)9(6-7)13-16-12-8(14(17)18)3-5-11(12)19-13/h2,4,6,8H,3,5H2,1H3,(H,17,18). The van der Waals surface area contributed by atoms with Crippen LogP contribution in [0.15, 0.2) is 18.2 Å². The van der Waals surface area contributed by atoms with Crippen molar-refractivity contribution in [3.63, 3.8) is 0 Å². The van der Waals surface area contributed by atoms with Gasteiger partial charge in [-0.3, -0.25) is 4.79 Å². The van der Waals surface area contributed by atoms with Gasteiger partial charge in [-0.15, -0.1) is 11.3 Å². The maximum absolute atomic E-state index is 13.8. The molecule has 1 aliphatic rings. The van der Waals surface area contributed by atoms with Crippen LogP contribution in [0.3, 0.4) is 0 Å². The first-order valence-electron chi connectivity index (χ1n) is 6.05. The van der Waals surface area contributed by atoms with E-state index in [2.05, 4.69) is 4.98 Å². The fraction of sp³-hybridized carbons (Fsp3) is 0.286. The average Bonchev–Trinajstić information content (AvgIpc) is 2.91. The van der Waals surface area contributed by atoms with Crippen LogP contribution < -0.4 is 0 Å². The van der Waals surface area contributed by atoms with Gasteiger partial charge in [0.1, 0.15) is 16.7 Å². The van der Waals surface area contributed by atoms with Gasteiger partial charge in [-0.2, -0.15) is 0 Å². The Bertz CT molecular complexity index is 665. The lowest BCUT2D eigenvalue weighted by atomic mass is 10.1. The molecular weight excluding hydrogens is 265 g/mol. The topological polar surface area (TPSA) is 50.2 Å². The third-order valence-corrected chi connectivity index (χ3v) is 4.53. The summed E-state index contributed by atoms with van der Waals surface area (Å²) in [5, 5.41) is 9.71. The summed E-state index contributed by atoms with van der Waals surface area (Å²) in [5.74, 6) is -1.70. The van der Waals surface area contributed by atoms with Gasteiger partial charge in [0.15, 0.2) is 0 Å². The van der Waals surface area contributed by atoms with E-state index >= 15 is 0 Å². The number of carboxylic acid groups (broad SMARTS) is 1. The van der Waals surface area contributed by atoms with Crippen LogP contribution in [0.25, 0.3) is 10.6 Å². The van der Waals surface area contributed by atoms with E-state index in [1.54, 1.807) is 12.1 Å². The molecule has 0 radical (unpaired) electrons. The first kappa shape index (κ1) is 12.3. The van der Waals surface area contributed by atoms with Gasteiger partial charge in [-0.05, 0) is 31.9 Å². The Balaban J connectivity index is 2.07. The Kier molecular flexibility index (Phi) is 2.86. The molecule has 0 aliphatic heterocycles. The van der Waals surface area contributed by atoms with Crippen LogP contribution in [0.4, 0.5) is 4.39 Å². The minimum Gasteiger partial charge on any atom is -0.481 e. The molecule has 1 unspecified atom stereocenters. The molecule has 0 saturated carbocycles. The van der Waals surface area contributed by atoms with Crippen molar-refractivity contribution < 1.29 is 14.3 Å². The maximum atomic E-state index is 13.8. The third kappa shape index (κ3) is 2.04. The van der Waals surface area contributed by atoms with Crippen molar-refractivity contribution in [1.82, 2.24) is 4.98 Å². The van der Waals surface area contributed by atoms with Gasteiger partial charge in [-0.25, -0.2) is 9.37 Å². The normalized spacial score (nSPS) is 17.5. The Morgan fingerprint density at radius 1 is 1.53 bits per heavy atom. The second kappa shape index (κ2) is 4.42. The lowest BCUT2D eigenvalue weighted by Gasteiger charge is -2.03. The number of thiazole rings is 1. The Morgan fingerprint density at radius 2 is 2.32 bits per heavy atom. The molecule has 1 aliphatic carbocycles. The third-order valence-electron chi connectivity index (χ3n) is 3.37. The van der Waals surface area contributed by atoms with E-state index in [1.165, 1.54) is 17.4 Å². The molecular formula is C14H12FNO2S. The first-order valence-corrected chi connectivity index (χ1v) is 6.87. The number of fused-ring (bicyclic) bond motifs is 1. The highest BCUT2D eigenvalue weighted by molar-refractivity contribution is 7.15. The molecule has 1 heterocycles. The fourth-order valence-electron chi connectivity index (χ4n) is 2.39. The van der Waals surface area contributed by atoms with Gasteiger partial charge in [-0.1, -0.05) is 11.6 Å².